The van der Waals surface area contributed by atoms with Crippen molar-refractivity contribution >= 4 is 35.2 Å². The van der Waals surface area contributed by atoms with Gasteiger partial charge in [-0.15, -0.1) is 11.8 Å². The van der Waals surface area contributed by atoms with Crippen LogP contribution in [0.5, 0.6) is 0 Å². The van der Waals surface area contributed by atoms with Crippen LogP contribution in [0.15, 0.2) is 29.2 Å². The molecule has 7 nitrogen and oxygen atoms in total. The van der Waals surface area contributed by atoms with Crippen molar-refractivity contribution < 1.29 is 14.4 Å². The average Bonchev–Trinajstić information content (AvgIpc) is 2.88. The number of hydrogen-bond acceptors (Lipinski definition) is 5. The maximum absolute atomic E-state index is 13.1. The zero-order valence-electron chi connectivity index (χ0n) is 19.2. The van der Waals surface area contributed by atoms with Crippen LogP contribution in [-0.2, 0) is 14.4 Å². The van der Waals surface area contributed by atoms with Crippen molar-refractivity contribution in [3.8, 4) is 0 Å². The van der Waals surface area contributed by atoms with Crippen molar-refractivity contribution in [1.82, 2.24) is 14.7 Å². The second-order valence-corrected chi connectivity index (χ2v) is 10.9. The number of carbonyl (C=O) groups is 3. The molecule has 1 aromatic rings. The lowest BCUT2D eigenvalue weighted by atomic mass is 9.93. The Hall–Kier alpha value is -2.06. The van der Waals surface area contributed by atoms with Gasteiger partial charge in [-0.3, -0.25) is 19.3 Å². The van der Waals surface area contributed by atoms with Crippen molar-refractivity contribution in [3.05, 3.63) is 24.3 Å². The molecule has 3 aliphatic heterocycles. The van der Waals surface area contributed by atoms with Gasteiger partial charge in [-0.25, -0.2) is 0 Å². The Morgan fingerprint density at radius 1 is 0.818 bits per heavy atom. The number of likely N-dealkylation sites (tertiary alicyclic amines) is 1. The monoisotopic (exact) mass is 470 g/mol. The molecule has 4 aliphatic rings. The van der Waals surface area contributed by atoms with Gasteiger partial charge in [0.25, 0.3) is 0 Å². The van der Waals surface area contributed by atoms with Crippen molar-refractivity contribution in [3.63, 3.8) is 0 Å². The highest BCUT2D eigenvalue weighted by molar-refractivity contribution is 8.01. The summed E-state index contributed by atoms with van der Waals surface area (Å²) >= 11 is 1.33. The van der Waals surface area contributed by atoms with Crippen molar-refractivity contribution in [1.29, 1.82) is 0 Å². The van der Waals surface area contributed by atoms with Crippen LogP contribution in [0.2, 0.25) is 0 Å². The van der Waals surface area contributed by atoms with Gasteiger partial charge in [0.15, 0.2) is 5.25 Å². The SMILES string of the molecule is O=C1Nc2ccccc2S[C@@H]1C(=O)N1CCC(C(=O)N2CCN(C3CCCCC3)CC2)CC1. The van der Waals surface area contributed by atoms with Gasteiger partial charge < -0.3 is 15.1 Å². The third-order valence-corrected chi connectivity index (χ3v) is 8.99. The Morgan fingerprint density at radius 2 is 1.48 bits per heavy atom. The van der Waals surface area contributed by atoms with Crippen LogP contribution < -0.4 is 5.32 Å². The Kier molecular flexibility index (Phi) is 6.92. The fourth-order valence-electron chi connectivity index (χ4n) is 5.74. The second-order valence-electron chi connectivity index (χ2n) is 9.74. The van der Waals surface area contributed by atoms with Crippen LogP contribution in [-0.4, -0.2) is 83.0 Å². The van der Waals surface area contributed by atoms with E-state index in [9.17, 15) is 14.4 Å². The molecule has 0 aromatic heterocycles. The fraction of sp³-hybridized carbons (Fsp3) is 0.640. The summed E-state index contributed by atoms with van der Waals surface area (Å²) in [6, 6.07) is 8.29. The van der Waals surface area contributed by atoms with Crippen molar-refractivity contribution in [2.24, 2.45) is 5.92 Å². The van der Waals surface area contributed by atoms with Crippen LogP contribution in [0.3, 0.4) is 0 Å². The van der Waals surface area contributed by atoms with Crippen LogP contribution in [0.1, 0.15) is 44.9 Å². The zero-order valence-corrected chi connectivity index (χ0v) is 20.0. The number of nitrogens with one attached hydrogen (secondary N) is 1. The molecule has 1 saturated carbocycles. The Balaban J connectivity index is 1.10. The van der Waals surface area contributed by atoms with Crippen molar-refractivity contribution in [2.45, 2.75) is 61.1 Å². The normalized spacial score (nSPS) is 25.5. The first-order valence-corrected chi connectivity index (χ1v) is 13.4. The molecule has 1 N–H and O–H groups in total. The first kappa shape index (κ1) is 22.7. The van der Waals surface area contributed by atoms with E-state index in [1.807, 2.05) is 29.2 Å². The molecule has 0 unspecified atom stereocenters. The second kappa shape index (κ2) is 10.1. The molecule has 2 saturated heterocycles. The Bertz CT molecular complexity index is 887. The third-order valence-electron chi connectivity index (χ3n) is 7.73. The smallest absolute Gasteiger partial charge is 0.247 e. The molecule has 0 spiro atoms. The molecular formula is C25H34N4O3S. The topological polar surface area (TPSA) is 73.0 Å². The van der Waals surface area contributed by atoms with Crippen LogP contribution in [0.25, 0.3) is 0 Å². The number of piperazine rings is 1. The van der Waals surface area contributed by atoms with E-state index < -0.39 is 5.25 Å². The van der Waals surface area contributed by atoms with Gasteiger partial charge in [0.05, 0.1) is 5.69 Å². The highest BCUT2D eigenvalue weighted by Gasteiger charge is 2.38. The van der Waals surface area contributed by atoms with Gasteiger partial charge in [-0.2, -0.15) is 0 Å². The summed E-state index contributed by atoms with van der Waals surface area (Å²) < 4.78 is 0. The average molecular weight is 471 g/mol. The van der Waals surface area contributed by atoms with Crippen LogP contribution in [0, 0.1) is 5.92 Å². The summed E-state index contributed by atoms with van der Waals surface area (Å²) in [4.78, 5) is 46.1. The van der Waals surface area contributed by atoms with Gasteiger partial charge in [-0.1, -0.05) is 31.4 Å². The van der Waals surface area contributed by atoms with E-state index in [-0.39, 0.29) is 23.6 Å². The zero-order chi connectivity index (χ0) is 22.8. The van der Waals surface area contributed by atoms with Gasteiger partial charge in [-0.05, 0) is 37.8 Å². The van der Waals surface area contributed by atoms with Crippen molar-refractivity contribution in [2.75, 3.05) is 44.6 Å². The number of piperidine rings is 1. The number of anilines is 1. The minimum Gasteiger partial charge on any atom is -0.341 e. The molecule has 1 aromatic carbocycles. The van der Waals surface area contributed by atoms with E-state index in [4.69, 9.17) is 0 Å². The number of para-hydroxylation sites is 1. The van der Waals surface area contributed by atoms with E-state index >= 15 is 0 Å². The summed E-state index contributed by atoms with van der Waals surface area (Å²) in [6.07, 6.45) is 8.04. The number of nitrogens with zero attached hydrogens (tertiary/aromatic N) is 3. The lowest BCUT2D eigenvalue weighted by Crippen LogP contribution is -2.54. The van der Waals surface area contributed by atoms with Gasteiger partial charge in [0.1, 0.15) is 0 Å². The minimum atomic E-state index is -0.750. The molecule has 3 fully saturated rings. The Labute approximate surface area is 200 Å². The maximum atomic E-state index is 13.1. The first-order valence-electron chi connectivity index (χ1n) is 12.5. The highest BCUT2D eigenvalue weighted by atomic mass is 32.2. The summed E-state index contributed by atoms with van der Waals surface area (Å²) in [6.45, 7) is 4.72. The number of hydrogen-bond donors (Lipinski definition) is 1. The van der Waals surface area contributed by atoms with Gasteiger partial charge in [0.2, 0.25) is 17.7 Å². The molecule has 1 atom stereocenters. The maximum Gasteiger partial charge on any atom is 0.247 e. The van der Waals surface area contributed by atoms with E-state index in [1.54, 1.807) is 4.90 Å². The lowest BCUT2D eigenvalue weighted by molar-refractivity contribution is -0.143. The molecule has 1 aliphatic carbocycles. The summed E-state index contributed by atoms with van der Waals surface area (Å²) in [5.41, 5.74) is 0.768. The number of benzene rings is 1. The molecule has 0 bridgehead atoms. The molecule has 5 rings (SSSR count). The predicted octanol–water partition coefficient (Wildman–Crippen LogP) is 2.81. The molecule has 178 valence electrons. The van der Waals surface area contributed by atoms with E-state index in [0.29, 0.717) is 32.0 Å². The number of thioether (sulfide) groups is 1. The highest BCUT2D eigenvalue weighted by Crippen LogP contribution is 2.36. The molecule has 3 amide bonds. The fourth-order valence-corrected chi connectivity index (χ4v) is 6.81. The quantitative estimate of drug-likeness (QED) is 0.688. The summed E-state index contributed by atoms with van der Waals surface area (Å²) in [7, 11) is 0. The Morgan fingerprint density at radius 3 is 2.21 bits per heavy atom. The van der Waals surface area contributed by atoms with E-state index in [0.717, 1.165) is 36.8 Å². The largest absolute Gasteiger partial charge is 0.341 e. The lowest BCUT2D eigenvalue weighted by Gasteiger charge is -2.42. The molecule has 0 radical (unpaired) electrons. The van der Waals surface area contributed by atoms with Gasteiger partial charge in [0, 0.05) is 56.1 Å². The first-order chi connectivity index (χ1) is 16.1. The standard InChI is InChI=1S/C25H34N4O3S/c30-23-22(33-21-9-5-4-8-20(21)26-23)25(32)28-12-10-18(11-13-28)24(31)29-16-14-27(15-17-29)19-6-2-1-3-7-19/h4-5,8-9,18-19,22H,1-3,6-7,10-17H2,(H,26,30)/t22-/m0/s1. The minimum absolute atomic E-state index is 0.0103. The molecule has 8 heteroatoms. The summed E-state index contributed by atoms with van der Waals surface area (Å²) in [5, 5.41) is 2.11. The number of carbonyl (C=O) groups excluding carboxylic acids is 3. The number of amides is 3. The van der Waals surface area contributed by atoms with E-state index in [1.165, 1.54) is 43.9 Å². The number of fused-ring (bicyclic) bond motifs is 1. The molecular weight excluding hydrogens is 436 g/mol. The molecule has 3 heterocycles. The third kappa shape index (κ3) is 4.92. The van der Waals surface area contributed by atoms with Crippen LogP contribution >= 0.6 is 11.8 Å². The predicted molar refractivity (Wildman–Crippen MR) is 129 cm³/mol. The van der Waals surface area contributed by atoms with E-state index in [2.05, 4.69) is 10.2 Å². The number of rotatable bonds is 3. The van der Waals surface area contributed by atoms with Crippen LogP contribution in [0.4, 0.5) is 5.69 Å². The molecule has 33 heavy (non-hydrogen) atoms. The summed E-state index contributed by atoms with van der Waals surface area (Å²) in [5.74, 6) is -0.148. The van der Waals surface area contributed by atoms with Gasteiger partial charge >= 0.3 is 0 Å².